The van der Waals surface area contributed by atoms with E-state index >= 15 is 0 Å². The van der Waals surface area contributed by atoms with Crippen molar-refractivity contribution in [3.8, 4) is 0 Å². The van der Waals surface area contributed by atoms with E-state index in [1.807, 2.05) is 55.4 Å². The Bertz CT molecular complexity index is 692. The highest BCUT2D eigenvalue weighted by Crippen LogP contribution is 2.18. The lowest BCUT2D eigenvalue weighted by atomic mass is 10.2. The fourth-order valence-electron chi connectivity index (χ4n) is 1.99. The van der Waals surface area contributed by atoms with Gasteiger partial charge in [0.2, 0.25) is 10.0 Å². The van der Waals surface area contributed by atoms with Crippen molar-refractivity contribution in [3.63, 3.8) is 0 Å². The first kappa shape index (κ1) is 16.5. The van der Waals surface area contributed by atoms with Crippen molar-refractivity contribution < 1.29 is 12.8 Å². The summed E-state index contributed by atoms with van der Waals surface area (Å²) in [6, 6.07) is 12.8. The van der Waals surface area contributed by atoms with Crippen LogP contribution in [0, 0.1) is 0 Å². The van der Waals surface area contributed by atoms with Crippen LogP contribution in [0.4, 0.5) is 0 Å². The van der Waals surface area contributed by atoms with E-state index in [-0.39, 0.29) is 12.6 Å². The molecule has 2 rings (SSSR count). The Morgan fingerprint density at radius 1 is 1.18 bits per heavy atom. The van der Waals surface area contributed by atoms with Crippen molar-refractivity contribution in [3.05, 3.63) is 65.5 Å². The second-order valence-electron chi connectivity index (χ2n) is 5.10. The van der Waals surface area contributed by atoms with E-state index in [0.29, 0.717) is 0 Å². The molecule has 1 aromatic carbocycles. The summed E-state index contributed by atoms with van der Waals surface area (Å²) in [4.78, 5) is 1.91. The zero-order chi connectivity index (χ0) is 16.0. The highest BCUT2D eigenvalue weighted by Gasteiger charge is 2.19. The molecule has 0 unspecified atom stereocenters. The van der Waals surface area contributed by atoms with Crippen LogP contribution in [0.15, 0.2) is 58.6 Å². The molecule has 0 spiro atoms. The first-order valence-corrected chi connectivity index (χ1v) is 8.45. The van der Waals surface area contributed by atoms with Gasteiger partial charge < -0.3 is 4.42 Å². The number of sulfonamides is 1. The Labute approximate surface area is 131 Å². The Kier molecular flexibility index (Phi) is 5.54. The van der Waals surface area contributed by atoms with Crippen LogP contribution in [0.1, 0.15) is 17.4 Å². The minimum Gasteiger partial charge on any atom is -0.468 e. The van der Waals surface area contributed by atoms with E-state index in [1.54, 1.807) is 18.4 Å². The summed E-state index contributed by atoms with van der Waals surface area (Å²) in [5.41, 5.74) is 0.836. The molecule has 22 heavy (non-hydrogen) atoms. The molecular weight excluding hydrogens is 300 g/mol. The van der Waals surface area contributed by atoms with Crippen LogP contribution in [0.3, 0.4) is 0 Å². The summed E-state index contributed by atoms with van der Waals surface area (Å²) in [6.45, 7) is 0.238. The first-order valence-electron chi connectivity index (χ1n) is 6.90. The van der Waals surface area contributed by atoms with E-state index in [2.05, 4.69) is 4.72 Å². The summed E-state index contributed by atoms with van der Waals surface area (Å²) in [7, 11) is 0.254. The van der Waals surface area contributed by atoms with Crippen molar-refractivity contribution in [2.24, 2.45) is 0 Å². The van der Waals surface area contributed by atoms with Gasteiger partial charge in [0.25, 0.3) is 0 Å². The van der Waals surface area contributed by atoms with Crippen LogP contribution in [-0.4, -0.2) is 34.0 Å². The van der Waals surface area contributed by atoms with Crippen LogP contribution in [0.25, 0.3) is 6.08 Å². The van der Waals surface area contributed by atoms with Gasteiger partial charge in [-0.15, -0.1) is 0 Å². The molecule has 0 saturated carbocycles. The molecule has 6 heteroatoms. The van der Waals surface area contributed by atoms with E-state index in [4.69, 9.17) is 4.42 Å². The Morgan fingerprint density at radius 3 is 2.50 bits per heavy atom. The zero-order valence-electron chi connectivity index (χ0n) is 12.6. The molecule has 118 valence electrons. The fraction of sp³-hybridized carbons (Fsp3) is 0.250. The van der Waals surface area contributed by atoms with E-state index in [0.717, 1.165) is 11.3 Å². The third-order valence-electron chi connectivity index (χ3n) is 3.21. The van der Waals surface area contributed by atoms with Crippen LogP contribution in [0.5, 0.6) is 0 Å². The van der Waals surface area contributed by atoms with Crippen LogP contribution >= 0.6 is 0 Å². The van der Waals surface area contributed by atoms with Crippen LogP contribution in [0.2, 0.25) is 0 Å². The van der Waals surface area contributed by atoms with Gasteiger partial charge in [-0.05, 0) is 37.9 Å². The fourth-order valence-corrected chi connectivity index (χ4v) is 2.82. The standard InChI is InChI=1S/C16H20N2O3S/c1-18(2)15(16-9-6-11-21-16)13-17-22(19,20)12-10-14-7-4-3-5-8-14/h3-12,15,17H,13H2,1-2H3/b12-10-/t15-/m1/s1. The monoisotopic (exact) mass is 320 g/mol. The minimum atomic E-state index is -3.50. The average molecular weight is 320 g/mol. The lowest BCUT2D eigenvalue weighted by Crippen LogP contribution is -2.33. The number of rotatable bonds is 7. The highest BCUT2D eigenvalue weighted by atomic mass is 32.2. The predicted molar refractivity (Wildman–Crippen MR) is 87.5 cm³/mol. The van der Waals surface area contributed by atoms with Gasteiger partial charge in [0.1, 0.15) is 5.76 Å². The van der Waals surface area contributed by atoms with Crippen molar-refractivity contribution >= 4 is 16.1 Å². The van der Waals surface area contributed by atoms with Gasteiger partial charge in [-0.25, -0.2) is 13.1 Å². The second kappa shape index (κ2) is 7.40. The molecular formula is C16H20N2O3S. The Morgan fingerprint density at radius 2 is 1.91 bits per heavy atom. The summed E-state index contributed by atoms with van der Waals surface area (Å²) in [5.74, 6) is 0.722. The molecule has 0 aliphatic heterocycles. The number of nitrogens with one attached hydrogen (secondary N) is 1. The van der Waals surface area contributed by atoms with Crippen molar-refractivity contribution in [1.29, 1.82) is 0 Å². The maximum atomic E-state index is 12.1. The van der Waals surface area contributed by atoms with E-state index in [9.17, 15) is 8.42 Å². The molecule has 1 N–H and O–H groups in total. The molecule has 1 heterocycles. The van der Waals surface area contributed by atoms with Gasteiger partial charge in [0.15, 0.2) is 0 Å². The molecule has 5 nitrogen and oxygen atoms in total. The van der Waals surface area contributed by atoms with Gasteiger partial charge >= 0.3 is 0 Å². The number of hydrogen-bond acceptors (Lipinski definition) is 4. The minimum absolute atomic E-state index is 0.157. The Balaban J connectivity index is 2.01. The molecule has 0 fully saturated rings. The molecule has 0 radical (unpaired) electrons. The largest absolute Gasteiger partial charge is 0.468 e. The molecule has 1 aromatic heterocycles. The van der Waals surface area contributed by atoms with Gasteiger partial charge in [-0.2, -0.15) is 0 Å². The van der Waals surface area contributed by atoms with Crippen LogP contribution in [-0.2, 0) is 10.0 Å². The molecule has 2 aromatic rings. The topological polar surface area (TPSA) is 62.6 Å². The number of nitrogens with zero attached hydrogens (tertiary/aromatic N) is 1. The number of furan rings is 1. The third-order valence-corrected chi connectivity index (χ3v) is 4.28. The normalized spacial score (nSPS) is 13.8. The quantitative estimate of drug-likeness (QED) is 0.851. The van der Waals surface area contributed by atoms with Gasteiger partial charge in [-0.3, -0.25) is 4.90 Å². The van der Waals surface area contributed by atoms with Gasteiger partial charge in [-0.1, -0.05) is 30.3 Å². The Hall–Kier alpha value is -1.89. The average Bonchev–Trinajstić information content (AvgIpc) is 3.00. The summed E-state index contributed by atoms with van der Waals surface area (Å²) < 4.78 is 32.0. The van der Waals surface area contributed by atoms with Gasteiger partial charge in [0.05, 0.1) is 12.3 Å². The maximum absolute atomic E-state index is 12.1. The molecule has 0 amide bonds. The molecule has 1 atom stereocenters. The van der Waals surface area contributed by atoms with E-state index < -0.39 is 10.0 Å². The molecule has 0 aliphatic rings. The van der Waals surface area contributed by atoms with Crippen molar-refractivity contribution in [1.82, 2.24) is 9.62 Å². The summed E-state index contributed by atoms with van der Waals surface area (Å²) >= 11 is 0. The SMILES string of the molecule is CN(C)[C@H](CNS(=O)(=O)/C=C\c1ccccc1)c1ccco1. The third kappa shape index (κ3) is 4.84. The zero-order valence-corrected chi connectivity index (χ0v) is 13.5. The molecule has 0 saturated heterocycles. The lowest BCUT2D eigenvalue weighted by molar-refractivity contribution is 0.259. The van der Waals surface area contributed by atoms with E-state index in [1.165, 1.54) is 5.41 Å². The predicted octanol–water partition coefficient (Wildman–Crippen LogP) is 2.47. The maximum Gasteiger partial charge on any atom is 0.233 e. The van der Waals surface area contributed by atoms with Gasteiger partial charge in [0, 0.05) is 12.0 Å². The van der Waals surface area contributed by atoms with Crippen molar-refractivity contribution in [2.45, 2.75) is 6.04 Å². The number of benzene rings is 1. The number of hydrogen-bond donors (Lipinski definition) is 1. The van der Waals surface area contributed by atoms with Crippen molar-refractivity contribution in [2.75, 3.05) is 20.6 Å². The summed E-state index contributed by atoms with van der Waals surface area (Å²) in [6.07, 6.45) is 3.15. The highest BCUT2D eigenvalue weighted by molar-refractivity contribution is 7.92. The van der Waals surface area contributed by atoms with Crippen LogP contribution < -0.4 is 4.72 Å². The first-order chi connectivity index (χ1) is 10.5. The molecule has 0 aliphatic carbocycles. The second-order valence-corrected chi connectivity index (χ2v) is 6.75. The number of likely N-dealkylation sites (N-methyl/N-ethyl adjacent to an activating group) is 1. The smallest absolute Gasteiger partial charge is 0.233 e. The lowest BCUT2D eigenvalue weighted by Gasteiger charge is -2.22. The summed E-state index contributed by atoms with van der Waals surface area (Å²) in [5, 5.41) is 1.18. The molecule has 0 bridgehead atoms.